The molecule has 1 N–H and O–H groups in total. The third-order valence-corrected chi connectivity index (χ3v) is 8.48. The van der Waals surface area contributed by atoms with Crippen molar-refractivity contribution in [1.29, 1.82) is 0 Å². The lowest BCUT2D eigenvalue weighted by Crippen LogP contribution is -2.31. The minimum absolute atomic E-state index is 0.0750. The van der Waals surface area contributed by atoms with Gasteiger partial charge in [-0.25, -0.2) is 9.67 Å². The SMILES string of the molecule is Cc1cc(C)c(N2CCCS/C2=C\C(=O)NCC(C)c2ccc(-c3ncn(-c4ccc(OC(F)(F)F)cc4)n3)cc2)c(C)c1. The summed E-state index contributed by atoms with van der Waals surface area (Å²) >= 11 is 1.72. The van der Waals surface area contributed by atoms with Crippen LogP contribution in [0, 0.1) is 20.8 Å². The number of nitrogens with one attached hydrogen (secondary N) is 1. The normalized spacial score (nSPS) is 15.3. The molecule has 2 heterocycles. The minimum atomic E-state index is -4.74. The Morgan fingerprint density at radius 2 is 1.75 bits per heavy atom. The van der Waals surface area contributed by atoms with Crippen LogP contribution in [0.5, 0.6) is 5.75 Å². The van der Waals surface area contributed by atoms with E-state index >= 15 is 0 Å². The van der Waals surface area contributed by atoms with E-state index in [9.17, 15) is 18.0 Å². The second-order valence-electron chi connectivity index (χ2n) is 10.9. The van der Waals surface area contributed by atoms with Gasteiger partial charge >= 0.3 is 6.36 Å². The highest BCUT2D eigenvalue weighted by molar-refractivity contribution is 8.03. The highest BCUT2D eigenvalue weighted by Gasteiger charge is 2.31. The Hall–Kier alpha value is -4.25. The number of hydrogen-bond acceptors (Lipinski definition) is 6. The Morgan fingerprint density at radius 1 is 1.07 bits per heavy atom. The first kappa shape index (κ1) is 31.2. The number of aryl methyl sites for hydroxylation is 3. The van der Waals surface area contributed by atoms with Crippen molar-refractivity contribution in [2.75, 3.05) is 23.7 Å². The number of carbonyl (C=O) groups is 1. The summed E-state index contributed by atoms with van der Waals surface area (Å²) in [5.74, 6) is 1.12. The maximum absolute atomic E-state index is 13.0. The molecular weight excluding hydrogens is 587 g/mol. The van der Waals surface area contributed by atoms with Crippen LogP contribution in [0.1, 0.15) is 41.5 Å². The maximum atomic E-state index is 13.0. The van der Waals surface area contributed by atoms with Gasteiger partial charge in [0.15, 0.2) is 5.82 Å². The number of nitrogens with zero attached hydrogens (tertiary/aromatic N) is 4. The monoisotopic (exact) mass is 621 g/mol. The van der Waals surface area contributed by atoms with Crippen LogP contribution in [0.3, 0.4) is 0 Å². The number of aromatic nitrogens is 3. The second kappa shape index (κ2) is 13.2. The highest BCUT2D eigenvalue weighted by atomic mass is 32.2. The van der Waals surface area contributed by atoms with Crippen LogP contribution in [0.2, 0.25) is 0 Å². The molecule has 4 aromatic rings. The van der Waals surface area contributed by atoms with Crippen LogP contribution in [-0.4, -0.2) is 45.9 Å². The van der Waals surface area contributed by atoms with E-state index in [1.54, 1.807) is 17.8 Å². The fourth-order valence-corrected chi connectivity index (χ4v) is 6.35. The first-order valence-electron chi connectivity index (χ1n) is 14.3. The Kier molecular flexibility index (Phi) is 9.33. The number of amides is 1. The van der Waals surface area contributed by atoms with Gasteiger partial charge in [0, 0.05) is 36.2 Å². The van der Waals surface area contributed by atoms with Crippen molar-refractivity contribution in [3.63, 3.8) is 0 Å². The average Bonchev–Trinajstić information content (AvgIpc) is 3.46. The van der Waals surface area contributed by atoms with Crippen LogP contribution in [0.25, 0.3) is 17.1 Å². The smallest absolute Gasteiger partial charge is 0.406 e. The number of alkyl halides is 3. The first-order chi connectivity index (χ1) is 21.0. The summed E-state index contributed by atoms with van der Waals surface area (Å²) in [5.41, 5.74) is 7.24. The zero-order valence-corrected chi connectivity index (χ0v) is 25.8. The van der Waals surface area contributed by atoms with Gasteiger partial charge in [0.1, 0.15) is 12.1 Å². The van der Waals surface area contributed by atoms with Gasteiger partial charge in [-0.05, 0) is 74.1 Å². The van der Waals surface area contributed by atoms with Crippen molar-refractivity contribution >= 4 is 23.4 Å². The van der Waals surface area contributed by atoms with Gasteiger partial charge < -0.3 is 15.0 Å². The molecule has 1 saturated heterocycles. The summed E-state index contributed by atoms with van der Waals surface area (Å²) in [6.45, 7) is 9.78. The molecule has 1 unspecified atom stereocenters. The molecule has 1 amide bonds. The number of halogens is 3. The van der Waals surface area contributed by atoms with Gasteiger partial charge in [-0.2, -0.15) is 0 Å². The van der Waals surface area contributed by atoms with Gasteiger partial charge in [-0.3, -0.25) is 4.79 Å². The molecule has 0 bridgehead atoms. The minimum Gasteiger partial charge on any atom is -0.406 e. The average molecular weight is 622 g/mol. The van der Waals surface area contributed by atoms with Gasteiger partial charge in [-0.15, -0.1) is 30.0 Å². The van der Waals surface area contributed by atoms with Gasteiger partial charge in [0.05, 0.1) is 10.7 Å². The first-order valence-corrected chi connectivity index (χ1v) is 15.3. The number of ether oxygens (including phenoxy) is 1. The fourth-order valence-electron chi connectivity index (χ4n) is 5.34. The van der Waals surface area contributed by atoms with Crippen LogP contribution >= 0.6 is 11.8 Å². The van der Waals surface area contributed by atoms with Crippen molar-refractivity contribution in [2.24, 2.45) is 0 Å². The van der Waals surface area contributed by atoms with Crippen LogP contribution in [0.15, 0.2) is 78.1 Å². The van der Waals surface area contributed by atoms with Gasteiger partial charge in [0.2, 0.25) is 5.91 Å². The third kappa shape index (κ3) is 7.63. The van der Waals surface area contributed by atoms with Crippen molar-refractivity contribution in [3.8, 4) is 22.8 Å². The molecule has 230 valence electrons. The van der Waals surface area contributed by atoms with E-state index in [-0.39, 0.29) is 17.6 Å². The summed E-state index contributed by atoms with van der Waals surface area (Å²) < 4.78 is 42.7. The predicted octanol–water partition coefficient (Wildman–Crippen LogP) is 7.46. The van der Waals surface area contributed by atoms with Crippen molar-refractivity contribution in [3.05, 3.63) is 100 Å². The van der Waals surface area contributed by atoms with Crippen molar-refractivity contribution in [1.82, 2.24) is 20.1 Å². The van der Waals surface area contributed by atoms with Crippen LogP contribution in [0.4, 0.5) is 18.9 Å². The lowest BCUT2D eigenvalue weighted by molar-refractivity contribution is -0.274. The van der Waals surface area contributed by atoms with Gasteiger partial charge in [-0.1, -0.05) is 48.9 Å². The summed E-state index contributed by atoms with van der Waals surface area (Å²) in [5, 5.41) is 8.50. The molecule has 1 aliphatic rings. The summed E-state index contributed by atoms with van der Waals surface area (Å²) in [7, 11) is 0. The molecule has 0 aliphatic carbocycles. The van der Waals surface area contributed by atoms with E-state index in [2.05, 4.69) is 64.9 Å². The lowest BCUT2D eigenvalue weighted by Gasteiger charge is -2.33. The molecule has 0 spiro atoms. The number of anilines is 1. The zero-order valence-electron chi connectivity index (χ0n) is 25.0. The summed E-state index contributed by atoms with van der Waals surface area (Å²) in [4.78, 5) is 19.6. The Morgan fingerprint density at radius 3 is 2.41 bits per heavy atom. The van der Waals surface area contributed by atoms with E-state index < -0.39 is 6.36 Å². The molecule has 5 rings (SSSR count). The van der Waals surface area contributed by atoms with Crippen LogP contribution < -0.4 is 15.0 Å². The van der Waals surface area contributed by atoms with Gasteiger partial charge in [0.25, 0.3) is 0 Å². The Balaban J connectivity index is 1.19. The molecule has 3 aromatic carbocycles. The predicted molar refractivity (Wildman–Crippen MR) is 168 cm³/mol. The van der Waals surface area contributed by atoms with E-state index in [1.165, 1.54) is 57.7 Å². The van der Waals surface area contributed by atoms with E-state index in [4.69, 9.17) is 0 Å². The standard InChI is InChI=1S/C33H34F3N5O2S/c1-21-16-22(2)31(23(3)17-21)40-14-5-15-44-30(40)18-29(42)37-19-24(4)25-6-8-26(9-7-25)32-38-20-41(39-32)27-10-12-28(13-11-27)43-33(34,35)36/h6-13,16-18,20,24H,5,14-15,19H2,1-4H3,(H,37,42)/b30-18-. The van der Waals surface area contributed by atoms with E-state index in [0.717, 1.165) is 34.9 Å². The fraction of sp³-hybridized carbons (Fsp3) is 0.303. The summed E-state index contributed by atoms with van der Waals surface area (Å²) in [6, 6.07) is 17.6. The molecule has 44 heavy (non-hydrogen) atoms. The topological polar surface area (TPSA) is 72.3 Å². The number of benzene rings is 3. The molecule has 0 saturated carbocycles. The van der Waals surface area contributed by atoms with E-state index in [0.29, 0.717) is 18.1 Å². The summed E-state index contributed by atoms with van der Waals surface area (Å²) in [6.07, 6.45) is -0.460. The molecular formula is C33H34F3N5O2S. The molecule has 1 fully saturated rings. The molecule has 0 radical (unpaired) electrons. The Bertz CT molecular complexity index is 1630. The second-order valence-corrected chi connectivity index (χ2v) is 12.0. The number of rotatable bonds is 8. The molecule has 7 nitrogen and oxygen atoms in total. The quantitative estimate of drug-likeness (QED) is 0.206. The third-order valence-electron chi connectivity index (χ3n) is 7.35. The molecule has 11 heteroatoms. The maximum Gasteiger partial charge on any atom is 0.573 e. The number of hydrogen-bond donors (Lipinski definition) is 1. The molecule has 1 atom stereocenters. The zero-order chi connectivity index (χ0) is 31.4. The number of carbonyl (C=O) groups excluding carboxylic acids is 1. The van der Waals surface area contributed by atoms with E-state index in [1.807, 2.05) is 24.3 Å². The number of thioether (sulfide) groups is 1. The van der Waals surface area contributed by atoms with Crippen molar-refractivity contribution < 1.29 is 22.7 Å². The highest BCUT2D eigenvalue weighted by Crippen LogP contribution is 2.36. The Labute approximate surface area is 259 Å². The van der Waals surface area contributed by atoms with Crippen LogP contribution in [-0.2, 0) is 4.79 Å². The largest absolute Gasteiger partial charge is 0.573 e. The molecule has 1 aliphatic heterocycles. The van der Waals surface area contributed by atoms with Crippen molar-refractivity contribution in [2.45, 2.75) is 46.4 Å². The molecule has 1 aromatic heterocycles. The lowest BCUT2D eigenvalue weighted by atomic mass is 9.99.